The zero-order valence-electron chi connectivity index (χ0n) is 9.70. The fourth-order valence-corrected chi connectivity index (χ4v) is 1.98. The molecule has 4 heteroatoms. The van der Waals surface area contributed by atoms with Crippen molar-refractivity contribution in [3.8, 4) is 0 Å². The third kappa shape index (κ3) is 3.30. The van der Waals surface area contributed by atoms with E-state index in [2.05, 4.69) is 17.2 Å². The van der Waals surface area contributed by atoms with Crippen LogP contribution in [0.1, 0.15) is 44.4 Å². The molecule has 0 fully saturated rings. The number of hydrogen-bond acceptors (Lipinski definition) is 3. The Hall–Kier alpha value is -0.900. The highest BCUT2D eigenvalue weighted by molar-refractivity contribution is 7.09. The smallest absolute Gasteiger partial charge is 0.223 e. The lowest BCUT2D eigenvalue weighted by molar-refractivity contribution is -0.124. The summed E-state index contributed by atoms with van der Waals surface area (Å²) in [5, 5.41) is 6.08. The Bertz CT molecular complexity index is 333. The summed E-state index contributed by atoms with van der Waals surface area (Å²) in [7, 11) is 0. The third-order valence-electron chi connectivity index (χ3n) is 2.20. The van der Waals surface area contributed by atoms with Gasteiger partial charge in [0.2, 0.25) is 5.91 Å². The number of aryl methyl sites for hydroxylation is 1. The molecule has 0 aromatic carbocycles. The molecule has 3 nitrogen and oxygen atoms in total. The van der Waals surface area contributed by atoms with Crippen LogP contribution in [-0.2, 0) is 11.2 Å². The summed E-state index contributed by atoms with van der Waals surface area (Å²) >= 11 is 1.65. The lowest BCUT2D eigenvalue weighted by Crippen LogP contribution is -2.30. The summed E-state index contributed by atoms with van der Waals surface area (Å²) < 4.78 is 0. The Labute approximate surface area is 94.9 Å². The molecule has 0 saturated heterocycles. The van der Waals surface area contributed by atoms with Crippen LogP contribution in [0.3, 0.4) is 0 Å². The van der Waals surface area contributed by atoms with E-state index in [9.17, 15) is 4.79 Å². The highest BCUT2D eigenvalue weighted by Crippen LogP contribution is 2.17. The molecule has 1 rings (SSSR count). The maximum atomic E-state index is 11.5. The van der Waals surface area contributed by atoms with Crippen molar-refractivity contribution in [3.05, 3.63) is 16.1 Å². The van der Waals surface area contributed by atoms with Crippen molar-refractivity contribution in [1.82, 2.24) is 10.3 Å². The van der Waals surface area contributed by atoms with Gasteiger partial charge in [-0.2, -0.15) is 0 Å². The molecule has 1 N–H and O–H groups in total. The van der Waals surface area contributed by atoms with E-state index in [1.54, 1.807) is 11.3 Å². The number of amides is 1. The summed E-state index contributed by atoms with van der Waals surface area (Å²) in [6, 6.07) is 0.0106. The SMILES string of the molecule is CCc1nc([C@@H](C)NC(=O)C(C)C)cs1. The Morgan fingerprint density at radius 1 is 1.53 bits per heavy atom. The van der Waals surface area contributed by atoms with Crippen LogP contribution in [0, 0.1) is 5.92 Å². The summed E-state index contributed by atoms with van der Waals surface area (Å²) in [4.78, 5) is 15.9. The van der Waals surface area contributed by atoms with E-state index >= 15 is 0 Å². The standard InChI is InChI=1S/C11H18N2OS/c1-5-10-13-9(6-15-10)8(4)12-11(14)7(2)3/h6-8H,5H2,1-4H3,(H,12,14)/t8-/m1/s1. The second-order valence-electron chi connectivity index (χ2n) is 3.90. The molecule has 1 amide bonds. The van der Waals surface area contributed by atoms with Crippen molar-refractivity contribution in [2.45, 2.75) is 40.2 Å². The van der Waals surface area contributed by atoms with Gasteiger partial charge in [-0.25, -0.2) is 4.98 Å². The van der Waals surface area contributed by atoms with Crippen LogP contribution in [0.2, 0.25) is 0 Å². The molecule has 1 atom stereocenters. The van der Waals surface area contributed by atoms with Gasteiger partial charge in [-0.1, -0.05) is 20.8 Å². The first-order chi connectivity index (χ1) is 7.04. The zero-order valence-corrected chi connectivity index (χ0v) is 10.5. The third-order valence-corrected chi connectivity index (χ3v) is 3.21. The van der Waals surface area contributed by atoms with E-state index in [-0.39, 0.29) is 17.9 Å². The Morgan fingerprint density at radius 3 is 2.67 bits per heavy atom. The number of hydrogen-bond donors (Lipinski definition) is 1. The molecule has 0 aliphatic rings. The summed E-state index contributed by atoms with van der Waals surface area (Å²) in [5.41, 5.74) is 0.964. The minimum atomic E-state index is 0.0106. The monoisotopic (exact) mass is 226 g/mol. The van der Waals surface area contributed by atoms with Gasteiger partial charge in [0.1, 0.15) is 0 Å². The van der Waals surface area contributed by atoms with Crippen molar-refractivity contribution in [1.29, 1.82) is 0 Å². The average Bonchev–Trinajstić information content (AvgIpc) is 2.65. The molecule has 0 bridgehead atoms. The van der Waals surface area contributed by atoms with E-state index < -0.39 is 0 Å². The Balaban J connectivity index is 2.60. The first-order valence-corrected chi connectivity index (χ1v) is 6.17. The van der Waals surface area contributed by atoms with Crippen molar-refractivity contribution >= 4 is 17.2 Å². The first-order valence-electron chi connectivity index (χ1n) is 5.29. The van der Waals surface area contributed by atoms with Gasteiger partial charge in [-0.05, 0) is 13.3 Å². The molecule has 1 heterocycles. The Kier molecular flexibility index (Phi) is 4.27. The summed E-state index contributed by atoms with van der Waals surface area (Å²) in [5.74, 6) is 0.102. The molecule has 15 heavy (non-hydrogen) atoms. The van der Waals surface area contributed by atoms with Gasteiger partial charge in [0.25, 0.3) is 0 Å². The lowest BCUT2D eigenvalue weighted by Gasteiger charge is -2.13. The molecule has 84 valence electrons. The van der Waals surface area contributed by atoms with Gasteiger partial charge in [0.05, 0.1) is 16.7 Å². The van der Waals surface area contributed by atoms with E-state index in [1.807, 2.05) is 26.2 Å². The van der Waals surface area contributed by atoms with Crippen LogP contribution in [-0.4, -0.2) is 10.9 Å². The van der Waals surface area contributed by atoms with Crippen molar-refractivity contribution in [2.24, 2.45) is 5.92 Å². The fraction of sp³-hybridized carbons (Fsp3) is 0.636. The van der Waals surface area contributed by atoms with Gasteiger partial charge >= 0.3 is 0 Å². The van der Waals surface area contributed by atoms with Crippen LogP contribution in [0.5, 0.6) is 0 Å². The molecule has 0 radical (unpaired) electrons. The quantitative estimate of drug-likeness (QED) is 0.857. The minimum absolute atomic E-state index is 0.0106. The van der Waals surface area contributed by atoms with E-state index in [0.29, 0.717) is 0 Å². The number of carbonyl (C=O) groups is 1. The summed E-state index contributed by atoms with van der Waals surface area (Å²) in [6.07, 6.45) is 0.954. The number of nitrogens with one attached hydrogen (secondary N) is 1. The van der Waals surface area contributed by atoms with Crippen LogP contribution in [0.4, 0.5) is 0 Å². The predicted molar refractivity (Wildman–Crippen MR) is 62.9 cm³/mol. The topological polar surface area (TPSA) is 42.0 Å². The number of rotatable bonds is 4. The van der Waals surface area contributed by atoms with E-state index in [1.165, 1.54) is 0 Å². The highest BCUT2D eigenvalue weighted by atomic mass is 32.1. The van der Waals surface area contributed by atoms with Crippen molar-refractivity contribution in [2.75, 3.05) is 0 Å². The van der Waals surface area contributed by atoms with Gasteiger partial charge in [0.15, 0.2) is 0 Å². The van der Waals surface area contributed by atoms with Crippen molar-refractivity contribution < 1.29 is 4.79 Å². The molecule has 0 unspecified atom stereocenters. The largest absolute Gasteiger partial charge is 0.348 e. The van der Waals surface area contributed by atoms with Crippen LogP contribution in [0.15, 0.2) is 5.38 Å². The molecule has 0 spiro atoms. The number of aromatic nitrogens is 1. The van der Waals surface area contributed by atoms with Gasteiger partial charge < -0.3 is 5.32 Å². The molecular weight excluding hydrogens is 208 g/mol. The Morgan fingerprint density at radius 2 is 2.20 bits per heavy atom. The zero-order chi connectivity index (χ0) is 11.4. The van der Waals surface area contributed by atoms with Crippen LogP contribution < -0.4 is 5.32 Å². The van der Waals surface area contributed by atoms with E-state index in [4.69, 9.17) is 0 Å². The second-order valence-corrected chi connectivity index (χ2v) is 4.85. The predicted octanol–water partition coefficient (Wildman–Crippen LogP) is 2.54. The molecule has 0 aliphatic carbocycles. The summed E-state index contributed by atoms with van der Waals surface area (Å²) in [6.45, 7) is 7.83. The van der Waals surface area contributed by atoms with Gasteiger partial charge in [-0.3, -0.25) is 4.79 Å². The molecule has 1 aromatic heterocycles. The maximum Gasteiger partial charge on any atom is 0.223 e. The lowest BCUT2D eigenvalue weighted by atomic mass is 10.2. The van der Waals surface area contributed by atoms with Gasteiger partial charge in [-0.15, -0.1) is 11.3 Å². The maximum absolute atomic E-state index is 11.5. The van der Waals surface area contributed by atoms with Gasteiger partial charge in [0, 0.05) is 11.3 Å². The molecular formula is C11H18N2OS. The second kappa shape index (κ2) is 5.26. The fourth-order valence-electron chi connectivity index (χ4n) is 1.14. The molecule has 0 aliphatic heterocycles. The molecule has 1 aromatic rings. The highest BCUT2D eigenvalue weighted by Gasteiger charge is 2.14. The number of carbonyl (C=O) groups excluding carboxylic acids is 1. The van der Waals surface area contributed by atoms with Crippen LogP contribution >= 0.6 is 11.3 Å². The van der Waals surface area contributed by atoms with Crippen LogP contribution in [0.25, 0.3) is 0 Å². The average molecular weight is 226 g/mol. The van der Waals surface area contributed by atoms with Crippen molar-refractivity contribution in [3.63, 3.8) is 0 Å². The number of thiazole rings is 1. The molecule has 0 saturated carbocycles. The minimum Gasteiger partial charge on any atom is -0.348 e. The van der Waals surface area contributed by atoms with E-state index in [0.717, 1.165) is 17.1 Å². The normalized spacial score (nSPS) is 12.9. The first kappa shape index (κ1) is 12.2. The number of nitrogens with zero attached hydrogens (tertiary/aromatic N) is 1.